The molecule has 0 unspecified atom stereocenters. The van der Waals surface area contributed by atoms with Crippen molar-refractivity contribution in [2.75, 3.05) is 7.11 Å². The Kier molecular flexibility index (Phi) is 2.62. The van der Waals surface area contributed by atoms with Gasteiger partial charge < -0.3 is 9.84 Å². The zero-order valence-electron chi connectivity index (χ0n) is 8.69. The van der Waals surface area contributed by atoms with Gasteiger partial charge in [-0.1, -0.05) is 6.07 Å². The summed E-state index contributed by atoms with van der Waals surface area (Å²) in [4.78, 5) is 10.7. The van der Waals surface area contributed by atoms with Crippen molar-refractivity contribution in [1.29, 1.82) is 0 Å². The molecule has 0 spiro atoms. The molecule has 1 aromatic rings. The molecule has 0 saturated carbocycles. The topological polar surface area (TPSA) is 46.5 Å². The normalized spacial score (nSPS) is 18.6. The highest BCUT2D eigenvalue weighted by Crippen LogP contribution is 2.37. The van der Waals surface area contributed by atoms with Crippen LogP contribution in [0.25, 0.3) is 0 Å². The molecule has 1 aliphatic carbocycles. The summed E-state index contributed by atoms with van der Waals surface area (Å²) in [5.74, 6) is 0.316. The SMILES string of the molecule is COc1ccc2c(c1)CC[C@@H]2CC(=O)O. The molecule has 0 aliphatic heterocycles. The van der Waals surface area contributed by atoms with Crippen LogP contribution < -0.4 is 4.74 Å². The van der Waals surface area contributed by atoms with E-state index >= 15 is 0 Å². The van der Waals surface area contributed by atoms with Gasteiger partial charge in [-0.15, -0.1) is 0 Å². The van der Waals surface area contributed by atoms with Crippen LogP contribution in [-0.2, 0) is 11.2 Å². The lowest BCUT2D eigenvalue weighted by atomic mass is 9.98. The van der Waals surface area contributed by atoms with E-state index in [1.807, 2.05) is 18.2 Å². The first kappa shape index (κ1) is 10.0. The number of fused-ring (bicyclic) bond motifs is 1. The van der Waals surface area contributed by atoms with Crippen molar-refractivity contribution in [1.82, 2.24) is 0 Å². The summed E-state index contributed by atoms with van der Waals surface area (Å²) in [6.45, 7) is 0. The lowest BCUT2D eigenvalue weighted by molar-refractivity contribution is -0.137. The Labute approximate surface area is 88.7 Å². The van der Waals surface area contributed by atoms with Crippen LogP contribution in [0.5, 0.6) is 5.75 Å². The molecule has 1 atom stereocenters. The van der Waals surface area contributed by atoms with Crippen molar-refractivity contribution in [3.63, 3.8) is 0 Å². The van der Waals surface area contributed by atoms with E-state index in [2.05, 4.69) is 0 Å². The second-order valence-electron chi connectivity index (χ2n) is 3.90. The van der Waals surface area contributed by atoms with Gasteiger partial charge in [0.2, 0.25) is 0 Å². The highest BCUT2D eigenvalue weighted by molar-refractivity contribution is 5.68. The zero-order chi connectivity index (χ0) is 10.8. The fourth-order valence-electron chi connectivity index (χ4n) is 2.23. The van der Waals surface area contributed by atoms with Crippen molar-refractivity contribution in [3.8, 4) is 5.75 Å². The second kappa shape index (κ2) is 3.93. The summed E-state index contributed by atoms with van der Waals surface area (Å²) < 4.78 is 5.14. The van der Waals surface area contributed by atoms with Gasteiger partial charge in [0.1, 0.15) is 5.75 Å². The lowest BCUT2D eigenvalue weighted by Crippen LogP contribution is -2.02. The number of ether oxygens (including phenoxy) is 1. The summed E-state index contributed by atoms with van der Waals surface area (Å²) in [5.41, 5.74) is 2.42. The molecule has 3 nitrogen and oxygen atoms in total. The number of aliphatic carboxylic acids is 1. The largest absolute Gasteiger partial charge is 0.497 e. The third-order valence-corrected chi connectivity index (χ3v) is 2.97. The Balaban J connectivity index is 2.24. The smallest absolute Gasteiger partial charge is 0.303 e. The summed E-state index contributed by atoms with van der Waals surface area (Å²) in [6.07, 6.45) is 2.14. The number of carbonyl (C=O) groups is 1. The lowest BCUT2D eigenvalue weighted by Gasteiger charge is -2.09. The van der Waals surface area contributed by atoms with Crippen LogP contribution in [0.15, 0.2) is 18.2 Å². The highest BCUT2D eigenvalue weighted by atomic mass is 16.5. The van der Waals surface area contributed by atoms with Gasteiger partial charge in [0.05, 0.1) is 13.5 Å². The molecule has 2 rings (SSSR count). The monoisotopic (exact) mass is 206 g/mol. The molecule has 0 amide bonds. The Hall–Kier alpha value is -1.51. The number of rotatable bonds is 3. The van der Waals surface area contributed by atoms with Gasteiger partial charge in [0.25, 0.3) is 0 Å². The van der Waals surface area contributed by atoms with Crippen molar-refractivity contribution in [2.45, 2.75) is 25.2 Å². The van der Waals surface area contributed by atoms with E-state index < -0.39 is 5.97 Å². The fraction of sp³-hybridized carbons (Fsp3) is 0.417. The summed E-state index contributed by atoms with van der Waals surface area (Å²) in [6, 6.07) is 5.91. The standard InChI is InChI=1S/C12H14O3/c1-15-10-4-5-11-8(6-10)2-3-9(11)7-12(13)14/h4-6,9H,2-3,7H2,1H3,(H,13,14)/t9-/m1/s1. The maximum atomic E-state index is 10.7. The number of hydrogen-bond acceptors (Lipinski definition) is 2. The number of carboxylic acid groups (broad SMARTS) is 1. The second-order valence-corrected chi connectivity index (χ2v) is 3.90. The van der Waals surface area contributed by atoms with E-state index in [1.54, 1.807) is 7.11 Å². The molecule has 0 saturated heterocycles. The zero-order valence-corrected chi connectivity index (χ0v) is 8.69. The third kappa shape index (κ3) is 1.96. The van der Waals surface area contributed by atoms with E-state index in [9.17, 15) is 4.79 Å². The highest BCUT2D eigenvalue weighted by Gasteiger charge is 2.24. The van der Waals surface area contributed by atoms with E-state index in [0.29, 0.717) is 0 Å². The molecule has 0 radical (unpaired) electrons. The molecule has 80 valence electrons. The predicted octanol–water partition coefficient (Wildman–Crippen LogP) is 2.20. The van der Waals surface area contributed by atoms with E-state index in [0.717, 1.165) is 18.6 Å². The van der Waals surface area contributed by atoms with Gasteiger partial charge in [0.15, 0.2) is 0 Å². The Morgan fingerprint density at radius 1 is 1.60 bits per heavy atom. The van der Waals surface area contributed by atoms with Crippen molar-refractivity contribution >= 4 is 5.97 Å². The Morgan fingerprint density at radius 2 is 2.40 bits per heavy atom. The van der Waals surface area contributed by atoms with Gasteiger partial charge in [-0.3, -0.25) is 4.79 Å². The molecule has 0 fully saturated rings. The summed E-state index contributed by atoms with van der Waals surface area (Å²) >= 11 is 0. The predicted molar refractivity (Wildman–Crippen MR) is 56.3 cm³/mol. The summed E-state index contributed by atoms with van der Waals surface area (Å²) in [7, 11) is 1.64. The average molecular weight is 206 g/mol. The van der Waals surface area contributed by atoms with Crippen molar-refractivity contribution in [3.05, 3.63) is 29.3 Å². The summed E-state index contributed by atoms with van der Waals surface area (Å²) in [5, 5.41) is 8.78. The van der Waals surface area contributed by atoms with Crippen LogP contribution in [0, 0.1) is 0 Å². The average Bonchev–Trinajstić information content (AvgIpc) is 2.60. The Bertz CT molecular complexity index is 384. The molecule has 1 N–H and O–H groups in total. The maximum absolute atomic E-state index is 10.7. The van der Waals surface area contributed by atoms with Gasteiger partial charge >= 0.3 is 5.97 Å². The molecule has 1 aliphatic rings. The molecule has 1 aromatic carbocycles. The number of hydrogen-bond donors (Lipinski definition) is 1. The Morgan fingerprint density at radius 3 is 3.07 bits per heavy atom. The minimum absolute atomic E-state index is 0.184. The first-order valence-corrected chi connectivity index (χ1v) is 5.09. The molecule has 15 heavy (non-hydrogen) atoms. The third-order valence-electron chi connectivity index (χ3n) is 2.97. The molecular formula is C12H14O3. The fourth-order valence-corrected chi connectivity index (χ4v) is 2.23. The van der Waals surface area contributed by atoms with Gasteiger partial charge in [-0.2, -0.15) is 0 Å². The van der Waals surface area contributed by atoms with Crippen molar-refractivity contribution in [2.24, 2.45) is 0 Å². The van der Waals surface area contributed by atoms with Crippen LogP contribution in [0.2, 0.25) is 0 Å². The van der Waals surface area contributed by atoms with Crippen LogP contribution in [-0.4, -0.2) is 18.2 Å². The minimum Gasteiger partial charge on any atom is -0.497 e. The number of carboxylic acids is 1. The van der Waals surface area contributed by atoms with Gasteiger partial charge in [-0.25, -0.2) is 0 Å². The van der Waals surface area contributed by atoms with Crippen LogP contribution >= 0.6 is 0 Å². The minimum atomic E-state index is -0.719. The number of benzene rings is 1. The molecule has 0 heterocycles. The van der Waals surface area contributed by atoms with E-state index in [1.165, 1.54) is 11.1 Å². The van der Waals surface area contributed by atoms with E-state index in [4.69, 9.17) is 9.84 Å². The molecule has 0 bridgehead atoms. The molecular weight excluding hydrogens is 192 g/mol. The molecule has 3 heteroatoms. The van der Waals surface area contributed by atoms with Crippen LogP contribution in [0.3, 0.4) is 0 Å². The van der Waals surface area contributed by atoms with Crippen molar-refractivity contribution < 1.29 is 14.6 Å². The van der Waals surface area contributed by atoms with Crippen LogP contribution in [0.4, 0.5) is 0 Å². The first-order valence-electron chi connectivity index (χ1n) is 5.09. The number of methoxy groups -OCH3 is 1. The molecule has 0 aromatic heterocycles. The van der Waals surface area contributed by atoms with Gasteiger partial charge in [0, 0.05) is 0 Å². The van der Waals surface area contributed by atoms with Gasteiger partial charge in [-0.05, 0) is 42.0 Å². The maximum Gasteiger partial charge on any atom is 0.303 e. The van der Waals surface area contributed by atoms with Crippen LogP contribution in [0.1, 0.15) is 29.9 Å². The first-order chi connectivity index (χ1) is 7.20. The quantitative estimate of drug-likeness (QED) is 0.824. The number of aryl methyl sites for hydroxylation is 1. The van der Waals surface area contributed by atoms with E-state index in [-0.39, 0.29) is 12.3 Å².